The molecule has 0 aromatic heterocycles. The van der Waals surface area contributed by atoms with Gasteiger partial charge in [-0.2, -0.15) is 0 Å². The molecule has 0 heterocycles. The first-order chi connectivity index (χ1) is 5.74. The van der Waals surface area contributed by atoms with Gasteiger partial charge >= 0.3 is 7.82 Å². The van der Waals surface area contributed by atoms with Gasteiger partial charge in [-0.1, -0.05) is 0 Å². The van der Waals surface area contributed by atoms with E-state index in [-0.39, 0.29) is 0 Å². The molecule has 0 amide bonds. The Bertz CT molecular complexity index is 257. The van der Waals surface area contributed by atoms with Gasteiger partial charge in [0.05, 0.1) is 5.97 Å². The highest BCUT2D eigenvalue weighted by Crippen LogP contribution is 2.35. The van der Waals surface area contributed by atoms with Crippen LogP contribution in [-0.2, 0) is 18.7 Å². The van der Waals surface area contributed by atoms with Crippen molar-refractivity contribution >= 4 is 19.6 Å². The molecule has 8 nitrogen and oxygen atoms in total. The first-order valence-electron chi connectivity index (χ1n) is 2.93. The van der Waals surface area contributed by atoms with Gasteiger partial charge in [0.1, 0.15) is 12.6 Å². The third kappa shape index (κ3) is 5.45. The third-order valence-corrected chi connectivity index (χ3v) is 1.44. The maximum Gasteiger partial charge on any atom is 0.470 e. The minimum atomic E-state index is -4.78. The molecule has 0 aromatic rings. The van der Waals surface area contributed by atoms with Crippen LogP contribution in [0.1, 0.15) is 0 Å². The standard InChI is InChI=1S/C4H8NO7P/c5-3(4(7)8)2(6)1-12-13(9,10)11/h3H,1,5H2,(H,7,8)(H2,9,10,11)/p-1. The molecule has 0 spiro atoms. The number of carbonyl (C=O) groups is 2. The Kier molecular flexibility index (Phi) is 4.18. The van der Waals surface area contributed by atoms with Crippen molar-refractivity contribution in [3.05, 3.63) is 0 Å². The zero-order valence-electron chi connectivity index (χ0n) is 6.24. The second-order valence-electron chi connectivity index (χ2n) is 2.03. The number of carbonyl (C=O) groups excluding carboxylic acids is 2. The number of hydrogen-bond acceptors (Lipinski definition) is 6. The number of rotatable bonds is 5. The largest absolute Gasteiger partial charge is 0.548 e. The van der Waals surface area contributed by atoms with E-state index >= 15 is 0 Å². The van der Waals surface area contributed by atoms with Crippen LogP contribution in [0.5, 0.6) is 0 Å². The number of phosphoric acid groups is 1. The fraction of sp³-hybridized carbons (Fsp3) is 0.500. The number of phosphoric ester groups is 1. The van der Waals surface area contributed by atoms with Crippen molar-refractivity contribution in [2.75, 3.05) is 6.61 Å². The number of aliphatic carboxylic acids is 1. The molecule has 0 aromatic carbocycles. The molecular formula is C4H7NO7P-. The number of nitrogens with two attached hydrogens (primary N) is 1. The molecule has 0 radical (unpaired) electrons. The molecule has 1 atom stereocenters. The summed E-state index contributed by atoms with van der Waals surface area (Å²) in [5.41, 5.74) is 4.74. The zero-order chi connectivity index (χ0) is 10.6. The van der Waals surface area contributed by atoms with E-state index in [1.54, 1.807) is 0 Å². The van der Waals surface area contributed by atoms with Crippen LogP contribution in [-0.4, -0.2) is 34.2 Å². The van der Waals surface area contributed by atoms with Crippen LogP contribution in [0.4, 0.5) is 0 Å². The molecular weight excluding hydrogens is 205 g/mol. The van der Waals surface area contributed by atoms with Crippen LogP contribution < -0.4 is 10.8 Å². The molecule has 0 rings (SSSR count). The highest BCUT2D eigenvalue weighted by molar-refractivity contribution is 7.46. The molecule has 0 fully saturated rings. The van der Waals surface area contributed by atoms with Crippen molar-refractivity contribution in [1.82, 2.24) is 0 Å². The van der Waals surface area contributed by atoms with Gasteiger partial charge in [0, 0.05) is 0 Å². The minimum Gasteiger partial charge on any atom is -0.548 e. The quantitative estimate of drug-likeness (QED) is 0.317. The average Bonchev–Trinajstić information content (AvgIpc) is 1.97. The van der Waals surface area contributed by atoms with E-state index in [1.807, 2.05) is 0 Å². The molecule has 0 aliphatic carbocycles. The van der Waals surface area contributed by atoms with Gasteiger partial charge in [-0.05, 0) is 0 Å². The second-order valence-corrected chi connectivity index (χ2v) is 3.27. The van der Waals surface area contributed by atoms with E-state index in [1.165, 1.54) is 0 Å². The van der Waals surface area contributed by atoms with Gasteiger partial charge < -0.3 is 25.4 Å². The monoisotopic (exact) mass is 212 g/mol. The SMILES string of the molecule is NC(C(=O)[O-])C(=O)COP(=O)(O)O. The first kappa shape index (κ1) is 12.2. The number of carboxylic acid groups (broad SMARTS) is 1. The van der Waals surface area contributed by atoms with Gasteiger partial charge in [-0.25, -0.2) is 4.57 Å². The van der Waals surface area contributed by atoms with Crippen molar-refractivity contribution in [2.45, 2.75) is 6.04 Å². The van der Waals surface area contributed by atoms with Gasteiger partial charge in [0.15, 0.2) is 5.78 Å². The molecule has 13 heavy (non-hydrogen) atoms. The van der Waals surface area contributed by atoms with E-state index in [9.17, 15) is 19.3 Å². The number of ketones is 1. The van der Waals surface area contributed by atoms with Gasteiger partial charge in [-0.15, -0.1) is 0 Å². The second kappa shape index (κ2) is 4.45. The van der Waals surface area contributed by atoms with Crippen LogP contribution in [0.3, 0.4) is 0 Å². The number of carboxylic acids is 1. The maximum absolute atomic E-state index is 10.6. The van der Waals surface area contributed by atoms with Crippen LogP contribution in [0.2, 0.25) is 0 Å². The Morgan fingerprint density at radius 3 is 2.31 bits per heavy atom. The summed E-state index contributed by atoms with van der Waals surface area (Å²) in [4.78, 5) is 36.8. The molecule has 0 aliphatic heterocycles. The van der Waals surface area contributed by atoms with Crippen molar-refractivity contribution in [2.24, 2.45) is 5.73 Å². The molecule has 76 valence electrons. The first-order valence-corrected chi connectivity index (χ1v) is 4.46. The molecule has 0 saturated heterocycles. The summed E-state index contributed by atoms with van der Waals surface area (Å²) in [6.07, 6.45) is 0. The Hall–Kier alpha value is -0.790. The van der Waals surface area contributed by atoms with Gasteiger partial charge in [0.25, 0.3) is 0 Å². The lowest BCUT2D eigenvalue weighted by Gasteiger charge is -2.11. The summed E-state index contributed by atoms with van der Waals surface area (Å²) in [5, 5.41) is 9.96. The van der Waals surface area contributed by atoms with Crippen molar-refractivity contribution in [1.29, 1.82) is 0 Å². The lowest BCUT2D eigenvalue weighted by atomic mass is 10.2. The predicted molar refractivity (Wildman–Crippen MR) is 36.0 cm³/mol. The van der Waals surface area contributed by atoms with Crippen LogP contribution >= 0.6 is 7.82 Å². The topological polar surface area (TPSA) is 150 Å². The lowest BCUT2D eigenvalue weighted by molar-refractivity contribution is -0.306. The molecule has 4 N–H and O–H groups in total. The fourth-order valence-electron chi connectivity index (χ4n) is 0.369. The Labute approximate surface area is 72.5 Å². The number of Topliss-reactive ketones (excluding diaryl/α,β-unsaturated/α-hetero) is 1. The Balaban J connectivity index is 4.03. The molecule has 0 bridgehead atoms. The van der Waals surface area contributed by atoms with Crippen molar-refractivity contribution in [3.8, 4) is 0 Å². The molecule has 9 heteroatoms. The van der Waals surface area contributed by atoms with E-state index in [4.69, 9.17) is 15.5 Å². The van der Waals surface area contributed by atoms with E-state index in [2.05, 4.69) is 4.52 Å². The molecule has 1 unspecified atom stereocenters. The smallest absolute Gasteiger partial charge is 0.470 e. The highest BCUT2D eigenvalue weighted by atomic mass is 31.2. The highest BCUT2D eigenvalue weighted by Gasteiger charge is 2.20. The van der Waals surface area contributed by atoms with Crippen LogP contribution in [0.25, 0.3) is 0 Å². The van der Waals surface area contributed by atoms with Crippen LogP contribution in [0.15, 0.2) is 0 Å². The summed E-state index contributed by atoms with van der Waals surface area (Å²) < 4.78 is 13.8. The van der Waals surface area contributed by atoms with Crippen molar-refractivity contribution < 1.29 is 33.6 Å². The van der Waals surface area contributed by atoms with E-state index < -0.39 is 32.2 Å². The van der Waals surface area contributed by atoms with Gasteiger partial charge in [0.2, 0.25) is 0 Å². The summed E-state index contributed by atoms with van der Waals surface area (Å²) in [5.74, 6) is -3.01. The summed E-state index contributed by atoms with van der Waals surface area (Å²) in [7, 11) is -4.78. The predicted octanol–water partition coefficient (Wildman–Crippen LogP) is -3.26. The fourth-order valence-corrected chi connectivity index (χ4v) is 0.664. The maximum atomic E-state index is 10.6. The molecule has 0 saturated carbocycles. The molecule has 0 aliphatic rings. The average molecular weight is 212 g/mol. The summed E-state index contributed by atoms with van der Waals surface area (Å²) >= 11 is 0. The normalized spacial score (nSPS) is 13.8. The van der Waals surface area contributed by atoms with Crippen molar-refractivity contribution in [3.63, 3.8) is 0 Å². The minimum absolute atomic E-state index is 1.07. The van der Waals surface area contributed by atoms with E-state index in [0.717, 1.165) is 0 Å². The van der Waals surface area contributed by atoms with E-state index in [0.29, 0.717) is 0 Å². The summed E-state index contributed by atoms with van der Waals surface area (Å²) in [6, 6.07) is -1.94. The van der Waals surface area contributed by atoms with Crippen LogP contribution in [0, 0.1) is 0 Å². The Morgan fingerprint density at radius 2 is 2.00 bits per heavy atom. The lowest BCUT2D eigenvalue weighted by Crippen LogP contribution is -2.48. The zero-order valence-corrected chi connectivity index (χ0v) is 7.14. The summed E-state index contributed by atoms with van der Waals surface area (Å²) in [6.45, 7) is -1.07. The number of hydrogen-bond donors (Lipinski definition) is 3. The van der Waals surface area contributed by atoms with Gasteiger partial charge in [-0.3, -0.25) is 9.32 Å². The third-order valence-electron chi connectivity index (χ3n) is 0.976. The Morgan fingerprint density at radius 1 is 1.54 bits per heavy atom.